The SMILES string of the molecule is O=C(O)CN1CCCC[C@H](NC(=O)N2CCN(c3ccnc4cc(Cl)ccc34)CC2)C1=O. The first kappa shape index (κ1) is 22.1. The summed E-state index contributed by atoms with van der Waals surface area (Å²) in [5, 5.41) is 13.5. The maximum atomic E-state index is 12.8. The van der Waals surface area contributed by atoms with E-state index < -0.39 is 12.0 Å². The standard InChI is InChI=1S/C22H26ClN5O4/c23-15-4-5-16-18(13-15)24-7-6-19(16)26-9-11-27(12-10-26)22(32)25-17-3-1-2-8-28(21(17)31)14-20(29)30/h4-7,13,17H,1-3,8-12,14H2,(H,25,32)(H,29,30)/t17-/m0/s1. The van der Waals surface area contributed by atoms with Crippen LogP contribution in [0.2, 0.25) is 5.02 Å². The van der Waals surface area contributed by atoms with Crippen LogP contribution in [0.25, 0.3) is 10.9 Å². The summed E-state index contributed by atoms with van der Waals surface area (Å²) in [6.07, 6.45) is 3.77. The normalized spacial score (nSPS) is 19.7. The van der Waals surface area contributed by atoms with Crippen molar-refractivity contribution in [2.75, 3.05) is 44.2 Å². The summed E-state index contributed by atoms with van der Waals surface area (Å²) in [6, 6.07) is 6.63. The van der Waals surface area contributed by atoms with Gasteiger partial charge < -0.3 is 25.1 Å². The number of rotatable bonds is 4. The zero-order valence-corrected chi connectivity index (χ0v) is 18.4. The molecule has 2 N–H and O–H groups in total. The van der Waals surface area contributed by atoms with Gasteiger partial charge in [0.25, 0.3) is 0 Å². The van der Waals surface area contributed by atoms with Gasteiger partial charge in [-0.3, -0.25) is 14.6 Å². The molecule has 2 fully saturated rings. The lowest BCUT2D eigenvalue weighted by Crippen LogP contribution is -2.56. The van der Waals surface area contributed by atoms with Crippen LogP contribution in [0.5, 0.6) is 0 Å². The van der Waals surface area contributed by atoms with Crippen LogP contribution in [0.1, 0.15) is 19.3 Å². The second kappa shape index (κ2) is 9.60. The minimum Gasteiger partial charge on any atom is -0.480 e. The number of fused-ring (bicyclic) bond motifs is 1. The van der Waals surface area contributed by atoms with E-state index in [0.29, 0.717) is 44.2 Å². The molecule has 2 aliphatic rings. The molecule has 0 saturated carbocycles. The van der Waals surface area contributed by atoms with Crippen molar-refractivity contribution in [3.8, 4) is 0 Å². The van der Waals surface area contributed by atoms with Crippen LogP contribution in [0.4, 0.5) is 10.5 Å². The Morgan fingerprint density at radius 3 is 2.66 bits per heavy atom. The van der Waals surface area contributed by atoms with E-state index >= 15 is 0 Å². The van der Waals surface area contributed by atoms with Gasteiger partial charge in [-0.05, 0) is 43.5 Å². The highest BCUT2D eigenvalue weighted by atomic mass is 35.5. The van der Waals surface area contributed by atoms with Gasteiger partial charge in [0.05, 0.1) is 5.52 Å². The Balaban J connectivity index is 1.37. The Hall–Kier alpha value is -3.07. The molecule has 0 spiro atoms. The minimum atomic E-state index is -1.05. The number of urea groups is 1. The lowest BCUT2D eigenvalue weighted by Gasteiger charge is -2.37. The number of carbonyl (C=O) groups is 3. The highest BCUT2D eigenvalue weighted by Gasteiger charge is 2.31. The number of benzene rings is 1. The third kappa shape index (κ3) is 4.88. The minimum absolute atomic E-state index is 0.286. The number of nitrogens with one attached hydrogen (secondary N) is 1. The van der Waals surface area contributed by atoms with Gasteiger partial charge >= 0.3 is 12.0 Å². The first-order chi connectivity index (χ1) is 15.4. The smallest absolute Gasteiger partial charge is 0.323 e. The molecule has 1 aromatic carbocycles. The van der Waals surface area contributed by atoms with Crippen molar-refractivity contribution in [1.82, 2.24) is 20.1 Å². The highest BCUT2D eigenvalue weighted by molar-refractivity contribution is 6.31. The summed E-state index contributed by atoms with van der Waals surface area (Å²) in [5.41, 5.74) is 1.88. The van der Waals surface area contributed by atoms with Crippen molar-refractivity contribution in [1.29, 1.82) is 0 Å². The summed E-state index contributed by atoms with van der Waals surface area (Å²) in [5.74, 6) is -1.37. The fourth-order valence-electron chi connectivity index (χ4n) is 4.33. The molecule has 4 rings (SSSR count). The molecule has 3 amide bonds. The molecule has 0 unspecified atom stereocenters. The summed E-state index contributed by atoms with van der Waals surface area (Å²) >= 11 is 6.08. The fraction of sp³-hybridized carbons (Fsp3) is 0.455. The number of piperazine rings is 1. The number of halogens is 1. The number of pyridine rings is 1. The second-order valence-electron chi connectivity index (χ2n) is 8.12. The molecule has 2 aromatic rings. The van der Waals surface area contributed by atoms with Crippen LogP contribution in [0, 0.1) is 0 Å². The van der Waals surface area contributed by atoms with Crippen LogP contribution < -0.4 is 10.2 Å². The highest BCUT2D eigenvalue weighted by Crippen LogP contribution is 2.28. The molecule has 2 aliphatic heterocycles. The number of aromatic nitrogens is 1. The number of carboxylic acid groups (broad SMARTS) is 1. The van der Waals surface area contributed by atoms with E-state index in [9.17, 15) is 14.4 Å². The number of aliphatic carboxylic acids is 1. The molecule has 9 nitrogen and oxygen atoms in total. The van der Waals surface area contributed by atoms with Gasteiger partial charge in [0.1, 0.15) is 12.6 Å². The van der Waals surface area contributed by atoms with Gasteiger partial charge in [-0.15, -0.1) is 0 Å². The molecule has 170 valence electrons. The monoisotopic (exact) mass is 459 g/mol. The topological polar surface area (TPSA) is 106 Å². The third-order valence-corrected chi connectivity index (χ3v) is 6.23. The predicted molar refractivity (Wildman–Crippen MR) is 121 cm³/mol. The van der Waals surface area contributed by atoms with Crippen molar-refractivity contribution in [3.05, 3.63) is 35.5 Å². The largest absolute Gasteiger partial charge is 0.480 e. The Morgan fingerprint density at radius 1 is 1.12 bits per heavy atom. The van der Waals surface area contributed by atoms with Crippen molar-refractivity contribution in [2.24, 2.45) is 0 Å². The fourth-order valence-corrected chi connectivity index (χ4v) is 4.50. The third-order valence-electron chi connectivity index (χ3n) is 5.99. The number of nitrogens with zero attached hydrogens (tertiary/aromatic N) is 4. The average molecular weight is 460 g/mol. The van der Waals surface area contributed by atoms with Gasteiger partial charge in [0, 0.05) is 55.0 Å². The molecular weight excluding hydrogens is 434 g/mol. The summed E-state index contributed by atoms with van der Waals surface area (Å²) in [4.78, 5) is 46.2. The lowest BCUT2D eigenvalue weighted by molar-refractivity contribution is -0.144. The zero-order chi connectivity index (χ0) is 22.7. The van der Waals surface area contributed by atoms with E-state index in [1.807, 2.05) is 24.3 Å². The van der Waals surface area contributed by atoms with E-state index in [-0.39, 0.29) is 18.5 Å². The summed E-state index contributed by atoms with van der Waals surface area (Å²) in [6.45, 7) is 2.40. The van der Waals surface area contributed by atoms with Crippen LogP contribution in [0.3, 0.4) is 0 Å². The van der Waals surface area contributed by atoms with Crippen molar-refractivity contribution in [2.45, 2.75) is 25.3 Å². The van der Waals surface area contributed by atoms with Gasteiger partial charge in [0.15, 0.2) is 0 Å². The maximum absolute atomic E-state index is 12.8. The Bertz CT molecular complexity index is 1020. The van der Waals surface area contributed by atoms with Crippen LogP contribution in [-0.2, 0) is 9.59 Å². The Morgan fingerprint density at radius 2 is 1.91 bits per heavy atom. The van der Waals surface area contributed by atoms with E-state index in [1.165, 1.54) is 4.90 Å². The molecular formula is C22H26ClN5O4. The maximum Gasteiger partial charge on any atom is 0.323 e. The Labute approximate surface area is 190 Å². The van der Waals surface area contributed by atoms with E-state index in [4.69, 9.17) is 16.7 Å². The van der Waals surface area contributed by atoms with Gasteiger partial charge in [-0.2, -0.15) is 0 Å². The molecule has 10 heteroatoms. The first-order valence-corrected chi connectivity index (χ1v) is 11.2. The number of amides is 3. The molecule has 0 radical (unpaired) electrons. The quantitative estimate of drug-likeness (QED) is 0.726. The van der Waals surface area contributed by atoms with Gasteiger partial charge in [0.2, 0.25) is 5.91 Å². The number of carbonyl (C=O) groups excluding carboxylic acids is 2. The zero-order valence-electron chi connectivity index (χ0n) is 17.7. The summed E-state index contributed by atoms with van der Waals surface area (Å²) < 4.78 is 0. The van der Waals surface area contributed by atoms with E-state index in [2.05, 4.69) is 15.2 Å². The second-order valence-corrected chi connectivity index (χ2v) is 8.55. The summed E-state index contributed by atoms with van der Waals surface area (Å²) in [7, 11) is 0. The van der Waals surface area contributed by atoms with E-state index in [1.54, 1.807) is 11.1 Å². The number of anilines is 1. The number of carboxylic acids is 1. The van der Waals surface area contributed by atoms with Crippen molar-refractivity contribution < 1.29 is 19.5 Å². The number of hydrogen-bond donors (Lipinski definition) is 2. The molecule has 1 atom stereocenters. The van der Waals surface area contributed by atoms with Crippen LogP contribution in [0.15, 0.2) is 30.5 Å². The first-order valence-electron chi connectivity index (χ1n) is 10.8. The number of hydrogen-bond acceptors (Lipinski definition) is 5. The van der Waals surface area contributed by atoms with Crippen LogP contribution >= 0.6 is 11.6 Å². The van der Waals surface area contributed by atoms with Crippen molar-refractivity contribution >= 4 is 46.1 Å². The van der Waals surface area contributed by atoms with Gasteiger partial charge in [-0.25, -0.2) is 4.79 Å². The molecule has 0 bridgehead atoms. The van der Waals surface area contributed by atoms with E-state index in [0.717, 1.165) is 29.4 Å². The lowest BCUT2D eigenvalue weighted by atomic mass is 10.1. The molecule has 32 heavy (non-hydrogen) atoms. The predicted octanol–water partition coefficient (Wildman–Crippen LogP) is 2.19. The van der Waals surface area contributed by atoms with Crippen LogP contribution in [-0.4, -0.2) is 83.1 Å². The molecule has 0 aliphatic carbocycles. The Kier molecular flexibility index (Phi) is 6.64. The molecule has 1 aromatic heterocycles. The average Bonchev–Trinajstić information content (AvgIpc) is 2.94. The number of likely N-dealkylation sites (tertiary alicyclic amines) is 1. The molecule has 3 heterocycles. The van der Waals surface area contributed by atoms with Crippen molar-refractivity contribution in [3.63, 3.8) is 0 Å². The van der Waals surface area contributed by atoms with Gasteiger partial charge in [-0.1, -0.05) is 11.6 Å². The molecule has 2 saturated heterocycles.